The Morgan fingerprint density at radius 3 is 2.33 bits per heavy atom. The number of hydrogen-bond acceptors (Lipinski definition) is 2. The van der Waals surface area contributed by atoms with Gasteiger partial charge in [0.2, 0.25) is 0 Å². The van der Waals surface area contributed by atoms with Crippen LogP contribution in [0.2, 0.25) is 0 Å². The molecule has 0 aromatic carbocycles. The smallest absolute Gasteiger partial charge is 0.00684 e. The molecule has 0 aromatic heterocycles. The van der Waals surface area contributed by atoms with Crippen molar-refractivity contribution < 1.29 is 0 Å². The number of hydrogen-bond donors (Lipinski definition) is 1. The van der Waals surface area contributed by atoms with E-state index in [-0.39, 0.29) is 0 Å². The Kier molecular flexibility index (Phi) is 5.61. The highest BCUT2D eigenvalue weighted by atomic mass is 15.1. The molecule has 3 rings (SSSR count). The summed E-state index contributed by atoms with van der Waals surface area (Å²) < 4.78 is 0. The third-order valence-electron chi connectivity index (χ3n) is 6.04. The predicted octanol–water partition coefficient (Wildman–Crippen LogP) is 4.20. The fourth-order valence-corrected chi connectivity index (χ4v) is 4.72. The van der Waals surface area contributed by atoms with Crippen molar-refractivity contribution in [3.63, 3.8) is 0 Å². The molecule has 1 aliphatic heterocycles. The molecule has 0 bridgehead atoms. The second kappa shape index (κ2) is 7.46. The van der Waals surface area contributed by atoms with Crippen molar-refractivity contribution in [2.24, 2.45) is 11.3 Å². The summed E-state index contributed by atoms with van der Waals surface area (Å²) in [5.41, 5.74) is 0.583. The quantitative estimate of drug-likeness (QED) is 0.817. The molecule has 0 aromatic rings. The lowest BCUT2D eigenvalue weighted by Crippen LogP contribution is -2.47. The lowest BCUT2D eigenvalue weighted by molar-refractivity contribution is 0.0753. The molecule has 2 aliphatic carbocycles. The zero-order valence-electron chi connectivity index (χ0n) is 14.2. The summed E-state index contributed by atoms with van der Waals surface area (Å²) in [4.78, 5) is 2.83. The van der Waals surface area contributed by atoms with Crippen LogP contribution in [0.5, 0.6) is 0 Å². The van der Waals surface area contributed by atoms with E-state index < -0.39 is 0 Å². The van der Waals surface area contributed by atoms with E-state index in [1.807, 2.05) is 0 Å². The van der Waals surface area contributed by atoms with Gasteiger partial charge in [-0.05, 0) is 62.9 Å². The molecule has 1 heterocycles. The van der Waals surface area contributed by atoms with Crippen LogP contribution in [0.4, 0.5) is 0 Å². The Morgan fingerprint density at radius 1 is 0.952 bits per heavy atom. The molecular formula is C19H36N2. The van der Waals surface area contributed by atoms with Crippen LogP contribution >= 0.6 is 0 Å². The molecule has 2 unspecified atom stereocenters. The summed E-state index contributed by atoms with van der Waals surface area (Å²) >= 11 is 0. The van der Waals surface area contributed by atoms with E-state index in [1.54, 1.807) is 0 Å². The zero-order chi connectivity index (χ0) is 14.5. The van der Waals surface area contributed by atoms with Crippen LogP contribution in [0, 0.1) is 11.3 Å². The van der Waals surface area contributed by atoms with E-state index in [1.165, 1.54) is 96.8 Å². The standard InChI is InChI=1S/C19H36N2/c1-17-8-7-11-19(14-17,15-20-18-9-10-18)16-21-12-5-3-2-4-6-13-21/h17-18,20H,2-16H2,1H3. The molecule has 3 aliphatic rings. The molecule has 0 spiro atoms. The predicted molar refractivity (Wildman–Crippen MR) is 90.6 cm³/mol. The van der Waals surface area contributed by atoms with Gasteiger partial charge in [-0.15, -0.1) is 0 Å². The van der Waals surface area contributed by atoms with Gasteiger partial charge in [0, 0.05) is 19.1 Å². The molecule has 2 atom stereocenters. The Morgan fingerprint density at radius 2 is 1.67 bits per heavy atom. The van der Waals surface area contributed by atoms with Gasteiger partial charge in [0.15, 0.2) is 0 Å². The fourth-order valence-electron chi connectivity index (χ4n) is 4.72. The van der Waals surface area contributed by atoms with E-state index in [9.17, 15) is 0 Å². The summed E-state index contributed by atoms with van der Waals surface area (Å²) in [5, 5.41) is 3.88. The van der Waals surface area contributed by atoms with Crippen LogP contribution in [0.3, 0.4) is 0 Å². The molecule has 122 valence electrons. The molecule has 2 saturated carbocycles. The van der Waals surface area contributed by atoms with E-state index in [2.05, 4.69) is 17.1 Å². The van der Waals surface area contributed by atoms with Crippen LogP contribution in [-0.4, -0.2) is 37.1 Å². The van der Waals surface area contributed by atoms with Crippen LogP contribution in [0.25, 0.3) is 0 Å². The number of nitrogens with zero attached hydrogens (tertiary/aromatic N) is 1. The summed E-state index contributed by atoms with van der Waals surface area (Å²) in [7, 11) is 0. The summed E-state index contributed by atoms with van der Waals surface area (Å²) in [6.07, 6.45) is 16.0. The largest absolute Gasteiger partial charge is 0.313 e. The molecule has 1 saturated heterocycles. The van der Waals surface area contributed by atoms with Gasteiger partial charge >= 0.3 is 0 Å². The highest BCUT2D eigenvalue weighted by molar-refractivity contribution is 4.93. The molecule has 1 N–H and O–H groups in total. The van der Waals surface area contributed by atoms with Crippen molar-refractivity contribution in [3.8, 4) is 0 Å². The lowest BCUT2D eigenvalue weighted by Gasteiger charge is -2.44. The number of nitrogens with one attached hydrogen (secondary N) is 1. The molecule has 0 radical (unpaired) electrons. The molecule has 21 heavy (non-hydrogen) atoms. The first-order valence-electron chi connectivity index (χ1n) is 9.72. The van der Waals surface area contributed by atoms with Gasteiger partial charge in [0.25, 0.3) is 0 Å². The third-order valence-corrected chi connectivity index (χ3v) is 6.04. The van der Waals surface area contributed by atoms with Crippen LogP contribution in [0.15, 0.2) is 0 Å². The molecule has 3 fully saturated rings. The van der Waals surface area contributed by atoms with Crippen molar-refractivity contribution in [3.05, 3.63) is 0 Å². The van der Waals surface area contributed by atoms with E-state index in [4.69, 9.17) is 0 Å². The highest BCUT2D eigenvalue weighted by Gasteiger charge is 2.37. The monoisotopic (exact) mass is 292 g/mol. The van der Waals surface area contributed by atoms with Gasteiger partial charge in [-0.1, -0.05) is 39.0 Å². The minimum absolute atomic E-state index is 0.583. The topological polar surface area (TPSA) is 15.3 Å². The minimum Gasteiger partial charge on any atom is -0.313 e. The van der Waals surface area contributed by atoms with Gasteiger partial charge in [-0.2, -0.15) is 0 Å². The molecule has 0 amide bonds. The van der Waals surface area contributed by atoms with Crippen molar-refractivity contribution in [2.75, 3.05) is 26.2 Å². The van der Waals surface area contributed by atoms with Gasteiger partial charge in [0.05, 0.1) is 0 Å². The normalized spacial score (nSPS) is 36.1. The Labute approximate surface area is 132 Å². The van der Waals surface area contributed by atoms with Crippen LogP contribution in [-0.2, 0) is 0 Å². The van der Waals surface area contributed by atoms with Crippen LogP contribution in [0.1, 0.15) is 77.6 Å². The maximum atomic E-state index is 3.88. The Hall–Kier alpha value is -0.0800. The summed E-state index contributed by atoms with van der Waals surface area (Å²) in [6.45, 7) is 7.87. The Bertz CT molecular complexity index is 305. The van der Waals surface area contributed by atoms with Crippen molar-refractivity contribution >= 4 is 0 Å². The van der Waals surface area contributed by atoms with Crippen molar-refractivity contribution in [1.82, 2.24) is 10.2 Å². The van der Waals surface area contributed by atoms with E-state index >= 15 is 0 Å². The van der Waals surface area contributed by atoms with Crippen molar-refractivity contribution in [2.45, 2.75) is 83.6 Å². The van der Waals surface area contributed by atoms with Crippen molar-refractivity contribution in [1.29, 1.82) is 0 Å². The van der Waals surface area contributed by atoms with Gasteiger partial charge in [-0.25, -0.2) is 0 Å². The number of likely N-dealkylation sites (tertiary alicyclic amines) is 1. The maximum absolute atomic E-state index is 3.88. The Balaban J connectivity index is 1.58. The second-order valence-electron chi connectivity index (χ2n) is 8.40. The lowest BCUT2D eigenvalue weighted by atomic mass is 9.69. The highest BCUT2D eigenvalue weighted by Crippen LogP contribution is 2.40. The maximum Gasteiger partial charge on any atom is 0.00684 e. The van der Waals surface area contributed by atoms with Crippen LogP contribution < -0.4 is 5.32 Å². The first kappa shape index (κ1) is 15.8. The first-order chi connectivity index (χ1) is 10.3. The average Bonchev–Trinajstić information content (AvgIpc) is 3.24. The third kappa shape index (κ3) is 4.96. The average molecular weight is 293 g/mol. The van der Waals surface area contributed by atoms with Gasteiger partial charge in [-0.3, -0.25) is 0 Å². The summed E-state index contributed by atoms with van der Waals surface area (Å²) in [5.74, 6) is 0.939. The fraction of sp³-hybridized carbons (Fsp3) is 1.00. The van der Waals surface area contributed by atoms with E-state index in [0.717, 1.165) is 12.0 Å². The van der Waals surface area contributed by atoms with Gasteiger partial charge < -0.3 is 10.2 Å². The molecule has 2 heteroatoms. The molecular weight excluding hydrogens is 256 g/mol. The second-order valence-corrected chi connectivity index (χ2v) is 8.40. The first-order valence-corrected chi connectivity index (χ1v) is 9.72. The summed E-state index contributed by atoms with van der Waals surface area (Å²) in [6, 6.07) is 0.867. The minimum atomic E-state index is 0.583. The number of rotatable bonds is 5. The molecule has 2 nitrogen and oxygen atoms in total. The SMILES string of the molecule is CC1CCCC(CNC2CC2)(CN2CCCCCCC2)C1. The van der Waals surface area contributed by atoms with E-state index in [0.29, 0.717) is 5.41 Å². The van der Waals surface area contributed by atoms with Gasteiger partial charge in [0.1, 0.15) is 0 Å². The zero-order valence-corrected chi connectivity index (χ0v) is 14.2.